The van der Waals surface area contributed by atoms with Gasteiger partial charge in [-0.1, -0.05) is 34.6 Å². The van der Waals surface area contributed by atoms with Crippen LogP contribution in [0.2, 0.25) is 0 Å². The van der Waals surface area contributed by atoms with Crippen molar-refractivity contribution in [3.8, 4) is 0 Å². The maximum absolute atomic E-state index is 5.75. The van der Waals surface area contributed by atoms with Crippen LogP contribution in [0.3, 0.4) is 0 Å². The van der Waals surface area contributed by atoms with Crippen molar-refractivity contribution in [2.75, 3.05) is 19.8 Å². The molecule has 0 amide bonds. The van der Waals surface area contributed by atoms with Gasteiger partial charge in [0.2, 0.25) is 0 Å². The van der Waals surface area contributed by atoms with Gasteiger partial charge in [-0.05, 0) is 44.4 Å². The zero-order valence-corrected chi connectivity index (χ0v) is 13.9. The zero-order chi connectivity index (χ0) is 14.4. The van der Waals surface area contributed by atoms with Crippen molar-refractivity contribution >= 4 is 0 Å². The lowest BCUT2D eigenvalue weighted by atomic mass is 9.76. The molecule has 0 aromatic heterocycles. The van der Waals surface area contributed by atoms with E-state index in [1.807, 2.05) is 0 Å². The average Bonchev–Trinajstić information content (AvgIpc) is 2.20. The molecule has 0 aliphatic carbocycles. The van der Waals surface area contributed by atoms with Gasteiger partial charge in [0.1, 0.15) is 0 Å². The average molecular weight is 257 g/mol. The molecule has 0 aliphatic rings. The summed E-state index contributed by atoms with van der Waals surface area (Å²) < 4.78 is 5.75. The van der Waals surface area contributed by atoms with Crippen LogP contribution in [0.15, 0.2) is 0 Å². The van der Waals surface area contributed by atoms with Crippen molar-refractivity contribution in [2.24, 2.45) is 17.3 Å². The summed E-state index contributed by atoms with van der Waals surface area (Å²) in [7, 11) is 0. The van der Waals surface area contributed by atoms with E-state index in [2.05, 4.69) is 60.7 Å². The second kappa shape index (κ2) is 7.49. The molecule has 0 saturated heterocycles. The van der Waals surface area contributed by atoms with E-state index in [0.717, 1.165) is 26.2 Å². The van der Waals surface area contributed by atoms with Gasteiger partial charge in [0.25, 0.3) is 0 Å². The van der Waals surface area contributed by atoms with E-state index in [-0.39, 0.29) is 5.54 Å². The molecule has 110 valence electrons. The first-order valence-electron chi connectivity index (χ1n) is 7.39. The molecule has 0 heterocycles. The highest BCUT2D eigenvalue weighted by Gasteiger charge is 2.29. The molecule has 0 aromatic carbocycles. The number of hydrogen-bond donors (Lipinski definition) is 1. The van der Waals surface area contributed by atoms with Crippen molar-refractivity contribution in [3.63, 3.8) is 0 Å². The number of hydrogen-bond acceptors (Lipinski definition) is 2. The van der Waals surface area contributed by atoms with Crippen LogP contribution >= 0.6 is 0 Å². The second-order valence-electron chi connectivity index (χ2n) is 7.63. The summed E-state index contributed by atoms with van der Waals surface area (Å²) in [6.07, 6.45) is 1.13. The van der Waals surface area contributed by atoms with Gasteiger partial charge in [-0.25, -0.2) is 0 Å². The topological polar surface area (TPSA) is 21.3 Å². The highest BCUT2D eigenvalue weighted by atomic mass is 16.5. The van der Waals surface area contributed by atoms with Gasteiger partial charge >= 0.3 is 0 Å². The third-order valence-corrected chi connectivity index (χ3v) is 3.69. The van der Waals surface area contributed by atoms with E-state index < -0.39 is 0 Å². The quantitative estimate of drug-likeness (QED) is 0.661. The van der Waals surface area contributed by atoms with Crippen molar-refractivity contribution < 1.29 is 4.74 Å². The van der Waals surface area contributed by atoms with E-state index in [0.29, 0.717) is 17.3 Å². The summed E-state index contributed by atoms with van der Waals surface area (Å²) in [5.41, 5.74) is 0.499. The summed E-state index contributed by atoms with van der Waals surface area (Å²) in [4.78, 5) is 0. The van der Waals surface area contributed by atoms with E-state index >= 15 is 0 Å². The fraction of sp³-hybridized carbons (Fsp3) is 1.00. The Morgan fingerprint density at radius 2 is 1.56 bits per heavy atom. The summed E-state index contributed by atoms with van der Waals surface area (Å²) in [5.74, 6) is 1.29. The predicted molar refractivity (Wildman–Crippen MR) is 81.0 cm³/mol. The Hall–Kier alpha value is -0.0800. The fourth-order valence-electron chi connectivity index (χ4n) is 1.67. The first-order chi connectivity index (χ1) is 8.07. The molecule has 0 spiro atoms. The summed E-state index contributed by atoms with van der Waals surface area (Å²) in [6.45, 7) is 20.9. The molecule has 0 rings (SSSR count). The van der Waals surface area contributed by atoms with Crippen LogP contribution < -0.4 is 5.32 Å². The second-order valence-corrected chi connectivity index (χ2v) is 7.63. The Kier molecular flexibility index (Phi) is 7.46. The molecule has 0 bridgehead atoms. The van der Waals surface area contributed by atoms with Gasteiger partial charge in [0.05, 0.1) is 0 Å². The maximum atomic E-state index is 5.75. The van der Waals surface area contributed by atoms with Crippen LogP contribution in [0, 0.1) is 17.3 Å². The minimum Gasteiger partial charge on any atom is -0.381 e. The molecular formula is C16H35NO. The molecule has 1 N–H and O–H groups in total. The Labute approximate surface area is 115 Å². The summed E-state index contributed by atoms with van der Waals surface area (Å²) >= 11 is 0. The molecule has 2 heteroatoms. The third kappa shape index (κ3) is 8.10. The molecule has 1 unspecified atom stereocenters. The SMILES string of the molecule is CC(C)COCCC(C)(CNC(C)(C)C)C(C)C. The highest BCUT2D eigenvalue weighted by molar-refractivity contribution is 4.83. The smallest absolute Gasteiger partial charge is 0.0488 e. The lowest BCUT2D eigenvalue weighted by molar-refractivity contribution is 0.0623. The lowest BCUT2D eigenvalue weighted by Gasteiger charge is -2.37. The summed E-state index contributed by atoms with van der Waals surface area (Å²) in [6, 6.07) is 0. The number of nitrogens with one attached hydrogen (secondary N) is 1. The standard InChI is InChI=1S/C16H35NO/c1-13(2)11-18-10-9-16(8,14(3)4)12-17-15(5,6)7/h13-14,17H,9-12H2,1-8H3. The third-order valence-electron chi connectivity index (χ3n) is 3.69. The molecule has 0 aromatic rings. The maximum Gasteiger partial charge on any atom is 0.0488 e. The van der Waals surface area contributed by atoms with Crippen LogP contribution in [-0.4, -0.2) is 25.3 Å². The van der Waals surface area contributed by atoms with Crippen molar-refractivity contribution in [1.82, 2.24) is 5.32 Å². The normalized spacial score (nSPS) is 16.3. The first kappa shape index (κ1) is 17.9. The molecule has 2 nitrogen and oxygen atoms in total. The Bertz CT molecular complexity index is 218. The van der Waals surface area contributed by atoms with Crippen LogP contribution in [0.4, 0.5) is 0 Å². The fourth-order valence-corrected chi connectivity index (χ4v) is 1.67. The number of ether oxygens (including phenoxy) is 1. The molecule has 0 aliphatic heterocycles. The first-order valence-corrected chi connectivity index (χ1v) is 7.39. The molecule has 0 radical (unpaired) electrons. The molecule has 0 fully saturated rings. The largest absolute Gasteiger partial charge is 0.381 e. The molecular weight excluding hydrogens is 222 g/mol. The summed E-state index contributed by atoms with van der Waals surface area (Å²) in [5, 5.41) is 3.64. The van der Waals surface area contributed by atoms with Gasteiger partial charge in [0, 0.05) is 25.3 Å². The van der Waals surface area contributed by atoms with Gasteiger partial charge < -0.3 is 10.1 Å². The minimum absolute atomic E-state index is 0.189. The lowest BCUT2D eigenvalue weighted by Crippen LogP contribution is -2.45. The minimum atomic E-state index is 0.189. The van der Waals surface area contributed by atoms with E-state index in [1.165, 1.54) is 0 Å². The number of rotatable bonds is 8. The van der Waals surface area contributed by atoms with Crippen LogP contribution in [0.5, 0.6) is 0 Å². The van der Waals surface area contributed by atoms with Crippen molar-refractivity contribution in [1.29, 1.82) is 0 Å². The van der Waals surface area contributed by atoms with Crippen molar-refractivity contribution in [3.05, 3.63) is 0 Å². The van der Waals surface area contributed by atoms with E-state index in [1.54, 1.807) is 0 Å². The van der Waals surface area contributed by atoms with Gasteiger partial charge in [0.15, 0.2) is 0 Å². The monoisotopic (exact) mass is 257 g/mol. The molecule has 0 saturated carbocycles. The van der Waals surface area contributed by atoms with E-state index in [9.17, 15) is 0 Å². The van der Waals surface area contributed by atoms with Gasteiger partial charge in [-0.3, -0.25) is 0 Å². The molecule has 1 atom stereocenters. The van der Waals surface area contributed by atoms with Crippen LogP contribution in [0.1, 0.15) is 61.8 Å². The van der Waals surface area contributed by atoms with E-state index in [4.69, 9.17) is 4.74 Å². The molecule has 18 heavy (non-hydrogen) atoms. The zero-order valence-electron chi connectivity index (χ0n) is 13.9. The van der Waals surface area contributed by atoms with Gasteiger partial charge in [-0.15, -0.1) is 0 Å². The van der Waals surface area contributed by atoms with Crippen LogP contribution in [-0.2, 0) is 4.74 Å². The van der Waals surface area contributed by atoms with Crippen molar-refractivity contribution in [2.45, 2.75) is 67.3 Å². The highest BCUT2D eigenvalue weighted by Crippen LogP contribution is 2.31. The van der Waals surface area contributed by atoms with Crippen LogP contribution in [0.25, 0.3) is 0 Å². The Balaban J connectivity index is 4.18. The Morgan fingerprint density at radius 1 is 1.00 bits per heavy atom. The Morgan fingerprint density at radius 3 is 1.94 bits per heavy atom. The van der Waals surface area contributed by atoms with Gasteiger partial charge in [-0.2, -0.15) is 0 Å². The predicted octanol–water partition coefficient (Wildman–Crippen LogP) is 4.10.